The normalized spacial score (nSPS) is 18.0. The molecular weight excluding hydrogens is 352 g/mol. The summed E-state index contributed by atoms with van der Waals surface area (Å²) >= 11 is 1.12. The van der Waals surface area contributed by atoms with E-state index in [-0.39, 0.29) is 29.2 Å². The van der Waals surface area contributed by atoms with Gasteiger partial charge in [0.05, 0.1) is 18.8 Å². The molecule has 1 heterocycles. The number of hydrogen-bond acceptors (Lipinski definition) is 6. The van der Waals surface area contributed by atoms with Crippen molar-refractivity contribution in [2.75, 3.05) is 13.7 Å². The van der Waals surface area contributed by atoms with Gasteiger partial charge in [-0.25, -0.2) is 0 Å². The number of carbonyl (C=O) groups is 2. The quantitative estimate of drug-likeness (QED) is 0.754. The summed E-state index contributed by atoms with van der Waals surface area (Å²) in [5.74, 6) is 1.25. The molecule has 6 heteroatoms. The highest BCUT2D eigenvalue weighted by Crippen LogP contribution is 2.29. The first kappa shape index (κ1) is 18.5. The van der Waals surface area contributed by atoms with Gasteiger partial charge in [0.15, 0.2) is 10.9 Å². The van der Waals surface area contributed by atoms with Crippen LogP contribution in [0.1, 0.15) is 23.7 Å². The van der Waals surface area contributed by atoms with Gasteiger partial charge in [-0.2, -0.15) is 0 Å². The second kappa shape index (κ2) is 8.38. The van der Waals surface area contributed by atoms with E-state index in [9.17, 15) is 14.7 Å². The largest absolute Gasteiger partial charge is 0.496 e. The summed E-state index contributed by atoms with van der Waals surface area (Å²) in [6, 6.07) is 14.6. The first-order valence-electron chi connectivity index (χ1n) is 8.31. The first-order chi connectivity index (χ1) is 12.6. The van der Waals surface area contributed by atoms with Gasteiger partial charge < -0.3 is 14.6 Å². The Bertz CT molecular complexity index is 787. The highest BCUT2D eigenvalue weighted by atomic mass is 32.2. The molecule has 1 N–H and O–H groups in total. The monoisotopic (exact) mass is 372 g/mol. The predicted octanol–water partition coefficient (Wildman–Crippen LogP) is 2.95. The predicted molar refractivity (Wildman–Crippen MR) is 99.6 cm³/mol. The van der Waals surface area contributed by atoms with Crippen molar-refractivity contribution < 1.29 is 24.2 Å². The highest BCUT2D eigenvalue weighted by Gasteiger charge is 2.31. The van der Waals surface area contributed by atoms with E-state index in [4.69, 9.17) is 9.47 Å². The molecule has 0 radical (unpaired) electrons. The molecule has 2 aromatic rings. The lowest BCUT2D eigenvalue weighted by atomic mass is 10.1. The standard InChI is InChI=1S/C20H20O5S/c1-24-18-5-3-2-4-15(18)17(22)12-25-14-8-6-13(7-9-14)10-19-16(21)11-20(23)26-19/h2-9,17,19,22H,10-12H2,1H3/t17-,19?/m1/s1. The minimum Gasteiger partial charge on any atom is -0.496 e. The van der Waals surface area contributed by atoms with Crippen molar-refractivity contribution in [1.82, 2.24) is 0 Å². The third-order valence-electron chi connectivity index (χ3n) is 4.20. The Kier molecular flexibility index (Phi) is 5.96. The average Bonchev–Trinajstić information content (AvgIpc) is 2.97. The zero-order valence-corrected chi connectivity index (χ0v) is 15.2. The number of hydrogen-bond donors (Lipinski definition) is 1. The van der Waals surface area contributed by atoms with Crippen LogP contribution in [0.15, 0.2) is 48.5 Å². The molecule has 0 amide bonds. The van der Waals surface area contributed by atoms with Crippen LogP contribution >= 0.6 is 11.8 Å². The molecule has 1 saturated heterocycles. The maximum atomic E-state index is 11.7. The summed E-state index contributed by atoms with van der Waals surface area (Å²) in [7, 11) is 1.56. The van der Waals surface area contributed by atoms with Crippen LogP contribution in [0.25, 0.3) is 0 Å². The molecule has 2 aromatic carbocycles. The van der Waals surface area contributed by atoms with E-state index in [0.717, 1.165) is 17.3 Å². The summed E-state index contributed by atoms with van der Waals surface area (Å²) in [5, 5.41) is 9.99. The topological polar surface area (TPSA) is 72.8 Å². The van der Waals surface area contributed by atoms with Gasteiger partial charge in [-0.05, 0) is 30.2 Å². The molecule has 1 aliphatic rings. The second-order valence-corrected chi connectivity index (χ2v) is 7.30. The number of ether oxygens (including phenoxy) is 2. The number of methoxy groups -OCH3 is 1. The molecule has 2 atom stereocenters. The summed E-state index contributed by atoms with van der Waals surface area (Å²) in [6.07, 6.45) is -0.221. The van der Waals surface area contributed by atoms with E-state index >= 15 is 0 Å². The molecule has 0 aromatic heterocycles. The number of aliphatic hydroxyl groups excluding tert-OH is 1. The number of aliphatic hydroxyl groups is 1. The van der Waals surface area contributed by atoms with E-state index < -0.39 is 6.10 Å². The molecule has 0 spiro atoms. The summed E-state index contributed by atoms with van der Waals surface area (Å²) in [5.41, 5.74) is 1.65. The lowest BCUT2D eigenvalue weighted by Gasteiger charge is -2.16. The molecule has 5 nitrogen and oxygen atoms in total. The van der Waals surface area contributed by atoms with Crippen LogP contribution in [0.5, 0.6) is 11.5 Å². The van der Waals surface area contributed by atoms with Gasteiger partial charge in [0, 0.05) is 5.56 Å². The van der Waals surface area contributed by atoms with Gasteiger partial charge in [-0.1, -0.05) is 42.1 Å². The van der Waals surface area contributed by atoms with Crippen molar-refractivity contribution in [1.29, 1.82) is 0 Å². The SMILES string of the molecule is COc1ccccc1[C@H](O)COc1ccc(CC2SC(=O)CC2=O)cc1. The third-order valence-corrected chi connectivity index (χ3v) is 5.32. The maximum absolute atomic E-state index is 11.7. The first-order valence-corrected chi connectivity index (χ1v) is 9.19. The van der Waals surface area contributed by atoms with Crippen LogP contribution in [0.3, 0.4) is 0 Å². The molecule has 26 heavy (non-hydrogen) atoms. The molecule has 1 fully saturated rings. The van der Waals surface area contributed by atoms with Crippen LogP contribution in [-0.4, -0.2) is 35.0 Å². The fraction of sp³-hybridized carbons (Fsp3) is 0.300. The highest BCUT2D eigenvalue weighted by molar-refractivity contribution is 8.15. The average molecular weight is 372 g/mol. The summed E-state index contributed by atoms with van der Waals surface area (Å²) < 4.78 is 10.9. The van der Waals surface area contributed by atoms with Gasteiger partial charge in [-0.3, -0.25) is 9.59 Å². The van der Waals surface area contributed by atoms with Crippen LogP contribution in [0.2, 0.25) is 0 Å². The Morgan fingerprint density at radius 1 is 1.15 bits per heavy atom. The van der Waals surface area contributed by atoms with Crippen molar-refractivity contribution in [3.63, 3.8) is 0 Å². The number of rotatable bonds is 7. The fourth-order valence-electron chi connectivity index (χ4n) is 2.82. The third kappa shape index (κ3) is 4.45. The molecule has 0 saturated carbocycles. The molecule has 0 bridgehead atoms. The fourth-order valence-corrected chi connectivity index (χ4v) is 3.85. The lowest BCUT2D eigenvalue weighted by Crippen LogP contribution is -2.13. The van der Waals surface area contributed by atoms with Gasteiger partial charge in [0.2, 0.25) is 0 Å². The van der Waals surface area contributed by atoms with Crippen LogP contribution in [0.4, 0.5) is 0 Å². The van der Waals surface area contributed by atoms with Crippen LogP contribution in [0, 0.1) is 0 Å². The van der Waals surface area contributed by atoms with Gasteiger partial charge in [0.25, 0.3) is 0 Å². The molecule has 1 unspecified atom stereocenters. The second-order valence-electron chi connectivity index (χ2n) is 6.04. The molecule has 136 valence electrons. The summed E-state index contributed by atoms with van der Waals surface area (Å²) in [6.45, 7) is 0.102. The Labute approximate surface area is 156 Å². The van der Waals surface area contributed by atoms with E-state index in [1.165, 1.54) is 0 Å². The van der Waals surface area contributed by atoms with Crippen LogP contribution in [-0.2, 0) is 16.0 Å². The van der Waals surface area contributed by atoms with E-state index in [2.05, 4.69) is 0 Å². The maximum Gasteiger partial charge on any atom is 0.197 e. The lowest BCUT2D eigenvalue weighted by molar-refractivity contribution is -0.121. The van der Waals surface area contributed by atoms with Crippen molar-refractivity contribution >= 4 is 22.7 Å². The van der Waals surface area contributed by atoms with Crippen molar-refractivity contribution in [3.05, 3.63) is 59.7 Å². The molecule has 1 aliphatic heterocycles. The van der Waals surface area contributed by atoms with E-state index in [0.29, 0.717) is 23.5 Å². The summed E-state index contributed by atoms with van der Waals surface area (Å²) in [4.78, 5) is 23.0. The van der Waals surface area contributed by atoms with Crippen molar-refractivity contribution in [2.24, 2.45) is 0 Å². The number of thioether (sulfide) groups is 1. The Morgan fingerprint density at radius 3 is 2.54 bits per heavy atom. The number of benzene rings is 2. The molecule has 0 aliphatic carbocycles. The Morgan fingerprint density at radius 2 is 1.88 bits per heavy atom. The Balaban J connectivity index is 1.56. The smallest absolute Gasteiger partial charge is 0.197 e. The van der Waals surface area contributed by atoms with Gasteiger partial charge >= 0.3 is 0 Å². The van der Waals surface area contributed by atoms with Gasteiger partial charge in [-0.15, -0.1) is 0 Å². The molecular formula is C20H20O5S. The number of ketones is 1. The zero-order valence-electron chi connectivity index (χ0n) is 14.4. The minimum atomic E-state index is -0.802. The van der Waals surface area contributed by atoms with Crippen molar-refractivity contribution in [3.8, 4) is 11.5 Å². The van der Waals surface area contributed by atoms with E-state index in [1.807, 2.05) is 24.3 Å². The zero-order chi connectivity index (χ0) is 18.5. The van der Waals surface area contributed by atoms with E-state index in [1.54, 1.807) is 31.4 Å². The van der Waals surface area contributed by atoms with Crippen LogP contribution < -0.4 is 9.47 Å². The van der Waals surface area contributed by atoms with Gasteiger partial charge in [0.1, 0.15) is 24.2 Å². The number of para-hydroxylation sites is 1. The Hall–Kier alpha value is -2.31. The van der Waals surface area contributed by atoms with Crippen molar-refractivity contribution in [2.45, 2.75) is 24.2 Å². The minimum absolute atomic E-state index is 0.000238. The molecule has 3 rings (SSSR count). The number of Topliss-reactive ketones (excluding diaryl/α,β-unsaturated/α-hetero) is 1. The number of carbonyl (C=O) groups excluding carboxylic acids is 2.